The van der Waals surface area contributed by atoms with Crippen molar-refractivity contribution in [2.75, 3.05) is 44.9 Å². The summed E-state index contributed by atoms with van der Waals surface area (Å²) < 4.78 is 41.1. The predicted molar refractivity (Wildman–Crippen MR) is 125 cm³/mol. The third-order valence-corrected chi connectivity index (χ3v) is 6.25. The molecule has 0 fully saturated rings. The Hall–Kier alpha value is -3.14. The Morgan fingerprint density at radius 2 is 1.85 bits per heavy atom. The second-order valence-corrected chi connectivity index (χ2v) is 8.77. The zero-order valence-electron chi connectivity index (χ0n) is 19.0. The van der Waals surface area contributed by atoms with Crippen LogP contribution in [0.3, 0.4) is 0 Å². The van der Waals surface area contributed by atoms with E-state index in [1.807, 2.05) is 26.0 Å². The van der Waals surface area contributed by atoms with E-state index in [0.717, 1.165) is 41.6 Å². The van der Waals surface area contributed by atoms with Crippen molar-refractivity contribution in [1.82, 2.24) is 20.1 Å². The molecule has 1 aliphatic rings. The first kappa shape index (κ1) is 23.0. The molecule has 3 aromatic rings. The van der Waals surface area contributed by atoms with E-state index in [0.29, 0.717) is 41.8 Å². The molecule has 0 aliphatic heterocycles. The number of hydrogen-bond donors (Lipinski definition) is 3. The average molecular weight is 460 g/mol. The van der Waals surface area contributed by atoms with E-state index in [9.17, 15) is 13.2 Å². The van der Waals surface area contributed by atoms with Gasteiger partial charge in [0.15, 0.2) is 0 Å². The number of aromatic amines is 1. The van der Waals surface area contributed by atoms with Gasteiger partial charge < -0.3 is 20.9 Å². The van der Waals surface area contributed by atoms with Crippen LogP contribution in [-0.4, -0.2) is 60.5 Å². The van der Waals surface area contributed by atoms with Gasteiger partial charge in [-0.3, -0.25) is 5.10 Å². The lowest BCUT2D eigenvalue weighted by atomic mass is 9.84. The van der Waals surface area contributed by atoms with Crippen LogP contribution >= 0.6 is 0 Å². The number of nitrogens with two attached hydrogens (primary N) is 1. The molecular formula is C23H28F3N7. The third-order valence-electron chi connectivity index (χ3n) is 6.25. The summed E-state index contributed by atoms with van der Waals surface area (Å²) in [6.07, 6.45) is 0.953. The summed E-state index contributed by atoms with van der Waals surface area (Å²) in [5.41, 5.74) is 9.78. The highest BCUT2D eigenvalue weighted by molar-refractivity contribution is 6.10. The van der Waals surface area contributed by atoms with Gasteiger partial charge in [0.05, 0.1) is 28.7 Å². The van der Waals surface area contributed by atoms with Crippen LogP contribution in [0, 0.1) is 5.41 Å². The minimum absolute atomic E-state index is 0.0438. The number of alkyl halides is 3. The van der Waals surface area contributed by atoms with Gasteiger partial charge in [-0.05, 0) is 57.0 Å². The van der Waals surface area contributed by atoms with Crippen molar-refractivity contribution in [3.05, 3.63) is 34.6 Å². The number of fused-ring (bicyclic) bond motifs is 3. The Bertz CT molecular complexity index is 1200. The van der Waals surface area contributed by atoms with Crippen LogP contribution in [0.15, 0.2) is 12.3 Å². The maximum absolute atomic E-state index is 13.7. The van der Waals surface area contributed by atoms with E-state index in [1.165, 1.54) is 12.4 Å². The lowest BCUT2D eigenvalue weighted by Crippen LogP contribution is -2.29. The molecule has 1 aromatic carbocycles. The quantitative estimate of drug-likeness (QED) is 0.381. The van der Waals surface area contributed by atoms with E-state index in [-0.39, 0.29) is 5.56 Å². The van der Waals surface area contributed by atoms with Crippen molar-refractivity contribution in [1.29, 1.82) is 5.41 Å². The van der Waals surface area contributed by atoms with E-state index in [1.54, 1.807) is 6.07 Å². The minimum atomic E-state index is -4.57. The van der Waals surface area contributed by atoms with E-state index in [2.05, 4.69) is 15.1 Å². The SMILES string of the molecule is CN(C)CCN(C)c1cc(N)c(C=N)c2c3c(c(-c4cn[nH]c4C(F)(F)F)nc12)CCCC3. The first-order valence-corrected chi connectivity index (χ1v) is 10.9. The molecule has 176 valence electrons. The maximum Gasteiger partial charge on any atom is 0.433 e. The normalized spacial score (nSPS) is 14.0. The molecule has 33 heavy (non-hydrogen) atoms. The van der Waals surface area contributed by atoms with Crippen molar-refractivity contribution >= 4 is 28.5 Å². The van der Waals surface area contributed by atoms with Crippen molar-refractivity contribution in [2.45, 2.75) is 31.9 Å². The Kier molecular flexibility index (Phi) is 6.04. The summed E-state index contributed by atoms with van der Waals surface area (Å²) in [6.45, 7) is 1.46. The molecule has 0 saturated heterocycles. The summed E-state index contributed by atoms with van der Waals surface area (Å²) in [5, 5.41) is 14.6. The number of aryl methyl sites for hydroxylation is 1. The summed E-state index contributed by atoms with van der Waals surface area (Å²) in [5.74, 6) is 0. The van der Waals surface area contributed by atoms with Gasteiger partial charge in [0.2, 0.25) is 0 Å². The maximum atomic E-state index is 13.7. The predicted octanol–water partition coefficient (Wildman–Crippen LogP) is 4.10. The number of halogens is 3. The lowest BCUT2D eigenvalue weighted by Gasteiger charge is -2.27. The van der Waals surface area contributed by atoms with E-state index >= 15 is 0 Å². The summed E-state index contributed by atoms with van der Waals surface area (Å²) in [7, 11) is 5.87. The van der Waals surface area contributed by atoms with Gasteiger partial charge in [-0.1, -0.05) is 0 Å². The molecule has 4 rings (SSSR count). The van der Waals surface area contributed by atoms with E-state index in [4.69, 9.17) is 16.1 Å². The number of H-pyrrole nitrogens is 1. The molecule has 10 heteroatoms. The van der Waals surface area contributed by atoms with Crippen LogP contribution in [0.5, 0.6) is 0 Å². The zero-order chi connectivity index (χ0) is 23.9. The van der Waals surface area contributed by atoms with Crippen LogP contribution in [-0.2, 0) is 19.0 Å². The molecule has 0 spiro atoms. The first-order valence-electron chi connectivity index (χ1n) is 10.9. The number of nitrogens with zero attached hydrogens (tertiary/aromatic N) is 4. The molecular weight excluding hydrogens is 431 g/mol. The molecule has 2 aromatic heterocycles. The van der Waals surface area contributed by atoms with Crippen molar-refractivity contribution in [3.63, 3.8) is 0 Å². The fraction of sp³-hybridized carbons (Fsp3) is 0.435. The number of benzene rings is 1. The molecule has 2 heterocycles. The Morgan fingerprint density at radius 1 is 1.15 bits per heavy atom. The largest absolute Gasteiger partial charge is 0.433 e. The molecule has 0 saturated carbocycles. The molecule has 7 nitrogen and oxygen atoms in total. The number of nitrogen functional groups attached to an aromatic ring is 1. The zero-order valence-corrected chi connectivity index (χ0v) is 19.0. The van der Waals surface area contributed by atoms with Crippen molar-refractivity contribution in [3.8, 4) is 11.3 Å². The number of nitrogens with one attached hydrogen (secondary N) is 2. The Labute approximate surface area is 190 Å². The van der Waals surface area contributed by atoms with Gasteiger partial charge in [0.1, 0.15) is 5.69 Å². The van der Waals surface area contributed by atoms with Crippen LogP contribution in [0.2, 0.25) is 0 Å². The third kappa shape index (κ3) is 4.15. The highest BCUT2D eigenvalue weighted by atomic mass is 19.4. The number of rotatable bonds is 6. The van der Waals surface area contributed by atoms with Crippen molar-refractivity contribution < 1.29 is 13.2 Å². The van der Waals surface area contributed by atoms with Gasteiger partial charge in [0.25, 0.3) is 0 Å². The molecule has 0 radical (unpaired) electrons. The standard InChI is InChI=1S/C23H28F3N7/c1-32(2)8-9-33(3)18-10-17(28)15(11-27)19-13-6-4-5-7-14(13)20(30-21(18)19)16-12-29-31-22(16)23(24,25)26/h10-12,27H,4-9,28H2,1-3H3,(H,29,31). The monoisotopic (exact) mass is 459 g/mol. The molecule has 0 amide bonds. The fourth-order valence-electron chi connectivity index (χ4n) is 4.56. The number of hydrogen-bond acceptors (Lipinski definition) is 6. The second kappa shape index (κ2) is 8.66. The van der Waals surface area contributed by atoms with Crippen LogP contribution in [0.25, 0.3) is 22.2 Å². The van der Waals surface area contributed by atoms with Crippen LogP contribution in [0.1, 0.15) is 35.2 Å². The smallest absolute Gasteiger partial charge is 0.398 e. The fourth-order valence-corrected chi connectivity index (χ4v) is 4.56. The summed E-state index contributed by atoms with van der Waals surface area (Å²) in [4.78, 5) is 8.89. The summed E-state index contributed by atoms with van der Waals surface area (Å²) in [6, 6.07) is 1.77. The summed E-state index contributed by atoms with van der Waals surface area (Å²) >= 11 is 0. The van der Waals surface area contributed by atoms with Gasteiger partial charge in [0, 0.05) is 43.0 Å². The Morgan fingerprint density at radius 3 is 2.48 bits per heavy atom. The second-order valence-electron chi connectivity index (χ2n) is 8.77. The number of anilines is 2. The van der Waals surface area contributed by atoms with Crippen molar-refractivity contribution in [2.24, 2.45) is 0 Å². The Balaban J connectivity index is 2.06. The average Bonchev–Trinajstić information content (AvgIpc) is 3.27. The molecule has 4 N–H and O–H groups in total. The van der Waals surface area contributed by atoms with Gasteiger partial charge in [-0.15, -0.1) is 0 Å². The molecule has 1 aliphatic carbocycles. The van der Waals surface area contributed by atoms with Gasteiger partial charge in [-0.2, -0.15) is 18.3 Å². The minimum Gasteiger partial charge on any atom is -0.398 e. The number of aromatic nitrogens is 3. The first-order chi connectivity index (χ1) is 15.6. The molecule has 0 unspecified atom stereocenters. The number of likely N-dealkylation sites (N-methyl/N-ethyl adjacent to an activating group) is 2. The molecule has 0 atom stereocenters. The topological polar surface area (TPSA) is 97.9 Å². The van der Waals surface area contributed by atoms with Gasteiger partial charge >= 0.3 is 6.18 Å². The van der Waals surface area contributed by atoms with E-state index < -0.39 is 11.9 Å². The van der Waals surface area contributed by atoms with Crippen LogP contribution < -0.4 is 10.6 Å². The molecule has 0 bridgehead atoms. The lowest BCUT2D eigenvalue weighted by molar-refractivity contribution is -0.140. The highest BCUT2D eigenvalue weighted by Crippen LogP contribution is 2.43. The highest BCUT2D eigenvalue weighted by Gasteiger charge is 2.37. The van der Waals surface area contributed by atoms with Gasteiger partial charge in [-0.25, -0.2) is 4.98 Å². The number of pyridine rings is 1. The van der Waals surface area contributed by atoms with Crippen LogP contribution in [0.4, 0.5) is 24.5 Å².